The zero-order chi connectivity index (χ0) is 15.0. The maximum absolute atomic E-state index is 12.7. The summed E-state index contributed by atoms with van der Waals surface area (Å²) in [7, 11) is 0. The molecule has 0 saturated carbocycles. The number of carbonyl (C=O) groups is 2. The van der Waals surface area contributed by atoms with Crippen LogP contribution in [0.4, 0.5) is 0 Å². The van der Waals surface area contributed by atoms with Crippen molar-refractivity contribution >= 4 is 23.2 Å². The average Bonchev–Trinajstić information content (AvgIpc) is 2.99. The molecule has 2 saturated heterocycles. The Kier molecular flexibility index (Phi) is 3.78. The Hall–Kier alpha value is -1.36. The highest BCUT2D eigenvalue weighted by atomic mass is 32.1. The van der Waals surface area contributed by atoms with Gasteiger partial charge in [0.15, 0.2) is 0 Å². The van der Waals surface area contributed by atoms with E-state index in [-0.39, 0.29) is 29.8 Å². The first-order valence-corrected chi connectivity index (χ1v) is 8.49. The predicted octanol–water partition coefficient (Wildman–Crippen LogP) is 2.25. The maximum atomic E-state index is 12.7. The van der Waals surface area contributed by atoms with Crippen LogP contribution in [-0.4, -0.2) is 47.3 Å². The minimum atomic E-state index is -0.209. The van der Waals surface area contributed by atoms with E-state index < -0.39 is 0 Å². The van der Waals surface area contributed by atoms with Gasteiger partial charge in [-0.3, -0.25) is 9.59 Å². The standard InChI is InChI=1S/C16H22N2O2S/c1-16(2,13-7-5-9-21-13)11-17-10-14(19)18-8-4-3-6-12(18)15(17)20/h5,7,9,12H,3-4,6,8,10-11H2,1-2H3. The lowest BCUT2D eigenvalue weighted by atomic mass is 9.89. The third-order valence-electron chi connectivity index (χ3n) is 4.52. The Bertz CT molecular complexity index is 538. The van der Waals surface area contributed by atoms with Gasteiger partial charge in [0.25, 0.3) is 0 Å². The van der Waals surface area contributed by atoms with Gasteiger partial charge in [0.05, 0.1) is 6.54 Å². The Morgan fingerprint density at radius 2 is 2.14 bits per heavy atom. The monoisotopic (exact) mass is 306 g/mol. The van der Waals surface area contributed by atoms with E-state index in [2.05, 4.69) is 25.3 Å². The quantitative estimate of drug-likeness (QED) is 0.859. The first kappa shape index (κ1) is 14.6. The van der Waals surface area contributed by atoms with Crippen molar-refractivity contribution < 1.29 is 9.59 Å². The normalized spacial score (nSPS) is 23.4. The summed E-state index contributed by atoms with van der Waals surface area (Å²) >= 11 is 1.71. The van der Waals surface area contributed by atoms with Crippen LogP contribution in [0.3, 0.4) is 0 Å². The number of carbonyl (C=O) groups excluding carboxylic acids is 2. The predicted molar refractivity (Wildman–Crippen MR) is 83.3 cm³/mol. The Morgan fingerprint density at radius 1 is 1.33 bits per heavy atom. The second-order valence-corrected chi connectivity index (χ2v) is 7.60. The topological polar surface area (TPSA) is 40.6 Å². The molecule has 0 N–H and O–H groups in total. The van der Waals surface area contributed by atoms with Crippen LogP contribution in [0.5, 0.6) is 0 Å². The number of piperazine rings is 1. The molecule has 1 aromatic rings. The zero-order valence-corrected chi connectivity index (χ0v) is 13.5. The first-order chi connectivity index (χ1) is 9.99. The lowest BCUT2D eigenvalue weighted by Crippen LogP contribution is -2.62. The van der Waals surface area contributed by atoms with Crippen LogP contribution in [0.25, 0.3) is 0 Å². The van der Waals surface area contributed by atoms with Gasteiger partial charge in [-0.15, -0.1) is 11.3 Å². The number of nitrogens with zero attached hydrogens (tertiary/aromatic N) is 2. The molecule has 1 atom stereocenters. The van der Waals surface area contributed by atoms with Crippen molar-refractivity contribution in [1.82, 2.24) is 9.80 Å². The van der Waals surface area contributed by atoms with E-state index in [9.17, 15) is 9.59 Å². The average molecular weight is 306 g/mol. The fourth-order valence-electron chi connectivity index (χ4n) is 3.38. The lowest BCUT2D eigenvalue weighted by molar-refractivity contribution is -0.158. The molecule has 1 aromatic heterocycles. The Balaban J connectivity index is 1.77. The molecule has 114 valence electrons. The number of rotatable bonds is 3. The van der Waals surface area contributed by atoms with Gasteiger partial charge in [0.2, 0.25) is 11.8 Å². The smallest absolute Gasteiger partial charge is 0.245 e. The van der Waals surface area contributed by atoms with Crippen LogP contribution >= 0.6 is 11.3 Å². The summed E-state index contributed by atoms with van der Waals surface area (Å²) in [5, 5.41) is 2.06. The number of fused-ring (bicyclic) bond motifs is 1. The summed E-state index contributed by atoms with van der Waals surface area (Å²) < 4.78 is 0. The van der Waals surface area contributed by atoms with Crippen molar-refractivity contribution in [1.29, 1.82) is 0 Å². The number of piperidine rings is 1. The summed E-state index contributed by atoms with van der Waals surface area (Å²) in [6.07, 6.45) is 2.89. The fourth-order valence-corrected chi connectivity index (χ4v) is 4.23. The van der Waals surface area contributed by atoms with Gasteiger partial charge in [0.1, 0.15) is 6.04 Å². The molecule has 21 heavy (non-hydrogen) atoms. The SMILES string of the molecule is CC(C)(CN1CC(=O)N2CCCCC2C1=O)c1cccs1. The van der Waals surface area contributed by atoms with Crippen molar-refractivity contribution in [3.63, 3.8) is 0 Å². The number of amides is 2. The van der Waals surface area contributed by atoms with Crippen LogP contribution in [0.15, 0.2) is 17.5 Å². The van der Waals surface area contributed by atoms with Crippen molar-refractivity contribution in [2.75, 3.05) is 19.6 Å². The van der Waals surface area contributed by atoms with E-state index in [0.29, 0.717) is 6.54 Å². The molecule has 1 unspecified atom stereocenters. The van der Waals surface area contributed by atoms with E-state index in [1.54, 1.807) is 21.1 Å². The highest BCUT2D eigenvalue weighted by Crippen LogP contribution is 2.31. The molecule has 0 radical (unpaired) electrons. The van der Waals surface area contributed by atoms with Crippen LogP contribution in [-0.2, 0) is 15.0 Å². The largest absolute Gasteiger partial charge is 0.331 e. The summed E-state index contributed by atoms with van der Waals surface area (Å²) in [5.74, 6) is 0.250. The Morgan fingerprint density at radius 3 is 2.86 bits per heavy atom. The van der Waals surface area contributed by atoms with Gasteiger partial charge in [0, 0.05) is 23.4 Å². The van der Waals surface area contributed by atoms with Crippen LogP contribution < -0.4 is 0 Å². The summed E-state index contributed by atoms with van der Waals surface area (Å²) in [6, 6.07) is 3.93. The lowest BCUT2D eigenvalue weighted by Gasteiger charge is -2.44. The van der Waals surface area contributed by atoms with Gasteiger partial charge in [-0.2, -0.15) is 0 Å². The molecule has 2 aliphatic rings. The van der Waals surface area contributed by atoms with Crippen molar-refractivity contribution in [3.05, 3.63) is 22.4 Å². The molecule has 0 spiro atoms. The number of hydrogen-bond donors (Lipinski definition) is 0. The first-order valence-electron chi connectivity index (χ1n) is 7.61. The Labute approximate surface area is 129 Å². The third-order valence-corrected chi connectivity index (χ3v) is 5.76. The van der Waals surface area contributed by atoms with E-state index in [1.807, 2.05) is 6.07 Å². The van der Waals surface area contributed by atoms with E-state index in [1.165, 1.54) is 4.88 Å². The fraction of sp³-hybridized carbons (Fsp3) is 0.625. The molecular formula is C16H22N2O2S. The number of hydrogen-bond acceptors (Lipinski definition) is 3. The summed E-state index contributed by atoms with van der Waals surface area (Å²) in [4.78, 5) is 29.8. The highest BCUT2D eigenvalue weighted by molar-refractivity contribution is 7.10. The van der Waals surface area contributed by atoms with Gasteiger partial charge in [-0.05, 0) is 30.7 Å². The molecule has 3 heterocycles. The van der Waals surface area contributed by atoms with E-state index >= 15 is 0 Å². The molecule has 3 rings (SSSR count). The van der Waals surface area contributed by atoms with Crippen molar-refractivity contribution in [2.24, 2.45) is 0 Å². The van der Waals surface area contributed by atoms with Gasteiger partial charge >= 0.3 is 0 Å². The van der Waals surface area contributed by atoms with Crippen molar-refractivity contribution in [3.8, 4) is 0 Å². The molecule has 2 aliphatic heterocycles. The third kappa shape index (κ3) is 2.71. The zero-order valence-electron chi connectivity index (χ0n) is 12.7. The van der Waals surface area contributed by atoms with Gasteiger partial charge in [-0.25, -0.2) is 0 Å². The second kappa shape index (κ2) is 5.44. The molecule has 4 nitrogen and oxygen atoms in total. The highest BCUT2D eigenvalue weighted by Gasteiger charge is 2.42. The molecule has 0 bridgehead atoms. The van der Waals surface area contributed by atoms with E-state index in [4.69, 9.17) is 0 Å². The van der Waals surface area contributed by atoms with E-state index in [0.717, 1.165) is 25.8 Å². The summed E-state index contributed by atoms with van der Waals surface area (Å²) in [5.41, 5.74) is -0.110. The van der Waals surface area contributed by atoms with Crippen LogP contribution in [0.2, 0.25) is 0 Å². The molecule has 2 fully saturated rings. The second-order valence-electron chi connectivity index (χ2n) is 6.65. The minimum Gasteiger partial charge on any atom is -0.331 e. The molecule has 0 aromatic carbocycles. The summed E-state index contributed by atoms with van der Waals surface area (Å²) in [6.45, 7) is 5.89. The van der Waals surface area contributed by atoms with Crippen molar-refractivity contribution in [2.45, 2.75) is 44.6 Å². The minimum absolute atomic E-state index is 0.110. The molecule has 0 aliphatic carbocycles. The van der Waals surface area contributed by atoms with Crippen LogP contribution in [0.1, 0.15) is 38.0 Å². The molecule has 2 amide bonds. The molecule has 5 heteroatoms. The maximum Gasteiger partial charge on any atom is 0.245 e. The number of thiophene rings is 1. The molecular weight excluding hydrogens is 284 g/mol. The van der Waals surface area contributed by atoms with Gasteiger partial charge in [-0.1, -0.05) is 19.9 Å². The van der Waals surface area contributed by atoms with Gasteiger partial charge < -0.3 is 9.80 Å². The van der Waals surface area contributed by atoms with Crippen LogP contribution in [0, 0.1) is 0 Å².